The van der Waals surface area contributed by atoms with E-state index in [2.05, 4.69) is 4.18 Å². The normalized spacial score (nSPS) is 19.3. The molecule has 1 aliphatic carbocycles. The summed E-state index contributed by atoms with van der Waals surface area (Å²) in [6.45, 7) is 1.90. The first-order valence-electron chi connectivity index (χ1n) is 6.75. The van der Waals surface area contributed by atoms with E-state index in [9.17, 15) is 31.8 Å². The second kappa shape index (κ2) is 5.95. The third-order valence-corrected chi connectivity index (χ3v) is 4.52. The van der Waals surface area contributed by atoms with E-state index in [1.54, 1.807) is 0 Å². The zero-order chi connectivity index (χ0) is 17.4. The minimum absolute atomic E-state index is 0.140. The van der Waals surface area contributed by atoms with E-state index in [1.165, 1.54) is 0 Å². The third kappa shape index (κ3) is 3.72. The summed E-state index contributed by atoms with van der Waals surface area (Å²) in [4.78, 5) is 0. The van der Waals surface area contributed by atoms with Crippen molar-refractivity contribution in [2.75, 3.05) is 0 Å². The van der Waals surface area contributed by atoms with Crippen molar-refractivity contribution in [2.24, 2.45) is 0 Å². The minimum Gasteiger partial charge on any atom is -0.507 e. The number of phenols is 2. The largest absolute Gasteiger partial charge is 0.534 e. The average molecular weight is 352 g/mol. The summed E-state index contributed by atoms with van der Waals surface area (Å²) in [6.07, 6.45) is 4.24. The van der Waals surface area contributed by atoms with Gasteiger partial charge in [-0.2, -0.15) is 21.6 Å². The molecule has 0 heterocycles. The molecule has 2 rings (SSSR count). The molecule has 1 aromatic carbocycles. The summed E-state index contributed by atoms with van der Waals surface area (Å²) in [7, 11) is -5.86. The smallest absolute Gasteiger partial charge is 0.507 e. The Morgan fingerprint density at radius 3 is 2.26 bits per heavy atom. The van der Waals surface area contributed by atoms with Crippen molar-refractivity contribution in [1.82, 2.24) is 0 Å². The van der Waals surface area contributed by atoms with Crippen LogP contribution in [-0.4, -0.2) is 24.1 Å². The first-order valence-corrected chi connectivity index (χ1v) is 8.16. The fourth-order valence-corrected chi connectivity index (χ4v) is 2.98. The molecule has 0 spiro atoms. The number of alkyl halides is 3. The number of rotatable bonds is 3. The maximum absolute atomic E-state index is 12.3. The Morgan fingerprint density at radius 2 is 1.78 bits per heavy atom. The van der Waals surface area contributed by atoms with Crippen molar-refractivity contribution in [3.63, 3.8) is 0 Å². The van der Waals surface area contributed by atoms with Gasteiger partial charge in [-0.25, -0.2) is 0 Å². The molecule has 128 valence electrons. The zero-order valence-corrected chi connectivity index (χ0v) is 12.9. The lowest BCUT2D eigenvalue weighted by atomic mass is 9.85. The number of hydrogen-bond acceptors (Lipinski definition) is 5. The summed E-state index contributed by atoms with van der Waals surface area (Å²) < 4.78 is 62.7. The highest BCUT2D eigenvalue weighted by Crippen LogP contribution is 2.43. The molecule has 2 N–H and O–H groups in total. The van der Waals surface area contributed by atoms with Crippen LogP contribution in [-0.2, 0) is 10.1 Å². The monoisotopic (exact) mass is 352 g/mol. The second-order valence-electron chi connectivity index (χ2n) is 5.37. The van der Waals surface area contributed by atoms with Gasteiger partial charge in [0, 0.05) is 23.6 Å². The molecule has 5 nitrogen and oxygen atoms in total. The summed E-state index contributed by atoms with van der Waals surface area (Å²) >= 11 is 0. The predicted octanol–water partition coefficient (Wildman–Crippen LogP) is 3.54. The molecule has 1 aliphatic rings. The van der Waals surface area contributed by atoms with Gasteiger partial charge in [-0.3, -0.25) is 0 Å². The predicted molar refractivity (Wildman–Crippen MR) is 75.7 cm³/mol. The van der Waals surface area contributed by atoms with Crippen LogP contribution in [0.5, 0.6) is 17.2 Å². The van der Waals surface area contributed by atoms with Gasteiger partial charge in [0.05, 0.1) is 0 Å². The lowest BCUT2D eigenvalue weighted by Crippen LogP contribution is -2.28. The van der Waals surface area contributed by atoms with Crippen molar-refractivity contribution in [1.29, 1.82) is 0 Å². The molecule has 0 saturated heterocycles. The van der Waals surface area contributed by atoms with E-state index < -0.39 is 32.9 Å². The van der Waals surface area contributed by atoms with E-state index in [0.717, 1.165) is 30.5 Å². The van der Waals surface area contributed by atoms with Crippen LogP contribution in [0, 0.1) is 0 Å². The zero-order valence-electron chi connectivity index (χ0n) is 12.1. The summed E-state index contributed by atoms with van der Waals surface area (Å²) in [5.74, 6) is -2.14. The lowest BCUT2D eigenvalue weighted by Gasteiger charge is -2.22. The molecule has 9 heteroatoms. The topological polar surface area (TPSA) is 83.8 Å². The molecular weight excluding hydrogens is 337 g/mol. The van der Waals surface area contributed by atoms with E-state index in [4.69, 9.17) is 0 Å². The third-order valence-electron chi connectivity index (χ3n) is 3.54. The Labute approximate surface area is 131 Å². The highest BCUT2D eigenvalue weighted by molar-refractivity contribution is 7.88. The number of hydrogen-bond donors (Lipinski definition) is 2. The molecule has 0 bridgehead atoms. The van der Waals surface area contributed by atoms with Gasteiger partial charge in [-0.15, -0.1) is 0 Å². The first-order chi connectivity index (χ1) is 10.5. The number of halogens is 3. The fraction of sp³-hybridized carbons (Fsp3) is 0.429. The number of allylic oxidation sites excluding steroid dienone is 2. The fourth-order valence-electron chi connectivity index (χ4n) is 2.54. The van der Waals surface area contributed by atoms with Crippen LogP contribution < -0.4 is 4.18 Å². The molecule has 1 unspecified atom stereocenters. The molecule has 0 aliphatic heterocycles. The van der Waals surface area contributed by atoms with Crippen LogP contribution in [0.2, 0.25) is 0 Å². The number of aromatic hydroxyl groups is 2. The van der Waals surface area contributed by atoms with Crippen LogP contribution in [0.25, 0.3) is 0 Å². The van der Waals surface area contributed by atoms with Crippen molar-refractivity contribution in [3.05, 3.63) is 29.3 Å². The number of phenolic OH excluding ortho intramolecular Hbond substituents is 2. The van der Waals surface area contributed by atoms with E-state index in [0.29, 0.717) is 6.42 Å². The summed E-state index contributed by atoms with van der Waals surface area (Å²) in [6, 6.07) is 1.49. The lowest BCUT2D eigenvalue weighted by molar-refractivity contribution is -0.0500. The Bertz CT molecular complexity index is 714. The van der Waals surface area contributed by atoms with Gasteiger partial charge in [0.15, 0.2) is 0 Å². The second-order valence-corrected chi connectivity index (χ2v) is 6.91. The molecule has 0 radical (unpaired) electrons. The van der Waals surface area contributed by atoms with Gasteiger partial charge in [0.1, 0.15) is 17.2 Å². The average Bonchev–Trinajstić information content (AvgIpc) is 2.35. The quantitative estimate of drug-likeness (QED) is 0.494. The van der Waals surface area contributed by atoms with E-state index in [-0.39, 0.29) is 11.5 Å². The van der Waals surface area contributed by atoms with Gasteiger partial charge in [0.2, 0.25) is 0 Å². The van der Waals surface area contributed by atoms with Crippen LogP contribution in [0.4, 0.5) is 13.2 Å². The van der Waals surface area contributed by atoms with Crippen molar-refractivity contribution in [2.45, 2.75) is 37.6 Å². The maximum atomic E-state index is 12.3. The Balaban J connectivity index is 2.37. The van der Waals surface area contributed by atoms with Gasteiger partial charge in [-0.1, -0.05) is 11.6 Å². The van der Waals surface area contributed by atoms with Gasteiger partial charge < -0.3 is 14.4 Å². The van der Waals surface area contributed by atoms with Crippen molar-refractivity contribution >= 4 is 10.1 Å². The molecule has 1 atom stereocenters. The minimum atomic E-state index is -5.86. The van der Waals surface area contributed by atoms with Crippen molar-refractivity contribution in [3.8, 4) is 17.2 Å². The van der Waals surface area contributed by atoms with Gasteiger partial charge in [-0.05, 0) is 26.2 Å². The Morgan fingerprint density at radius 1 is 1.22 bits per heavy atom. The van der Waals surface area contributed by atoms with Crippen LogP contribution >= 0.6 is 0 Å². The highest BCUT2D eigenvalue weighted by Gasteiger charge is 2.48. The summed E-state index contributed by atoms with van der Waals surface area (Å²) in [5.41, 5.74) is -4.39. The standard InChI is InChI=1S/C14H15F3O5S/c1-8-3-2-4-9(5-8)13-11(18)6-10(7-12(13)19)22-23(20,21)14(15,16)17/h5-7,9,18-19H,2-4H2,1H3. The molecule has 1 aromatic rings. The Hall–Kier alpha value is -1.90. The molecule has 0 fully saturated rings. The molecular formula is C14H15F3O5S. The van der Waals surface area contributed by atoms with Gasteiger partial charge in [0.25, 0.3) is 0 Å². The van der Waals surface area contributed by atoms with Crippen LogP contribution in [0.15, 0.2) is 23.8 Å². The van der Waals surface area contributed by atoms with Crippen molar-refractivity contribution < 1.29 is 36.0 Å². The number of benzene rings is 1. The summed E-state index contributed by atoms with van der Waals surface area (Å²) in [5, 5.41) is 19.9. The first kappa shape index (κ1) is 17.5. The molecule has 23 heavy (non-hydrogen) atoms. The van der Waals surface area contributed by atoms with E-state index >= 15 is 0 Å². The molecule has 0 amide bonds. The molecule has 0 saturated carbocycles. The maximum Gasteiger partial charge on any atom is 0.534 e. The Kier molecular flexibility index (Phi) is 4.52. The molecule has 0 aromatic heterocycles. The van der Waals surface area contributed by atoms with Crippen LogP contribution in [0.3, 0.4) is 0 Å². The van der Waals surface area contributed by atoms with E-state index in [1.807, 2.05) is 13.0 Å². The van der Waals surface area contributed by atoms with Crippen LogP contribution in [0.1, 0.15) is 37.7 Å². The highest BCUT2D eigenvalue weighted by atomic mass is 32.2. The van der Waals surface area contributed by atoms with Gasteiger partial charge >= 0.3 is 15.6 Å². The SMILES string of the molecule is CC1=CC(c2c(O)cc(OS(=O)(=O)C(F)(F)F)cc2O)CCC1.